The number of nitrogens with one attached hydrogen (secondary N) is 1. The largest absolute Gasteiger partial charge is 0.359 e. The van der Waals surface area contributed by atoms with E-state index in [1.165, 1.54) is 0 Å². The van der Waals surface area contributed by atoms with Crippen LogP contribution in [0.2, 0.25) is 0 Å². The van der Waals surface area contributed by atoms with Gasteiger partial charge >= 0.3 is 0 Å². The van der Waals surface area contributed by atoms with E-state index in [-0.39, 0.29) is 6.10 Å². The molecule has 1 unspecified atom stereocenters. The van der Waals surface area contributed by atoms with Crippen molar-refractivity contribution in [3.05, 3.63) is 11.1 Å². The molecular formula is C11H18N2O2S. The Morgan fingerprint density at radius 2 is 2.44 bits per heavy atom. The Labute approximate surface area is 100.0 Å². The smallest absolute Gasteiger partial charge is 0.182 e. The van der Waals surface area contributed by atoms with Gasteiger partial charge in [-0.3, -0.25) is 0 Å². The van der Waals surface area contributed by atoms with Gasteiger partial charge in [-0.05, 0) is 20.3 Å². The lowest BCUT2D eigenvalue weighted by Gasteiger charge is -2.17. The molecule has 0 aliphatic carbocycles. The maximum atomic E-state index is 5.70. The van der Waals surface area contributed by atoms with Crippen LogP contribution in [0, 0.1) is 0 Å². The normalized spacial score (nSPS) is 23.6. The summed E-state index contributed by atoms with van der Waals surface area (Å²) in [6.07, 6.45) is 1.10. The zero-order valence-corrected chi connectivity index (χ0v) is 10.8. The number of aromatic nitrogens is 1. The highest BCUT2D eigenvalue weighted by Crippen LogP contribution is 2.23. The fraction of sp³-hybridized carbons (Fsp3) is 0.727. The van der Waals surface area contributed by atoms with Gasteiger partial charge in [0, 0.05) is 11.9 Å². The van der Waals surface area contributed by atoms with Gasteiger partial charge < -0.3 is 14.8 Å². The number of ether oxygens (including phenoxy) is 2. The lowest BCUT2D eigenvalue weighted by atomic mass is 10.4. The first-order valence-corrected chi connectivity index (χ1v) is 6.47. The summed E-state index contributed by atoms with van der Waals surface area (Å²) in [5, 5.41) is 6.33. The summed E-state index contributed by atoms with van der Waals surface area (Å²) in [6.45, 7) is 7.37. The lowest BCUT2D eigenvalue weighted by molar-refractivity contribution is -0.136. The number of nitrogens with zero attached hydrogens (tertiary/aromatic N) is 1. The number of rotatable bonds is 4. The van der Waals surface area contributed by atoms with Crippen molar-refractivity contribution in [2.24, 2.45) is 0 Å². The molecule has 1 atom stereocenters. The minimum atomic E-state index is -0.441. The fourth-order valence-electron chi connectivity index (χ4n) is 1.62. The van der Waals surface area contributed by atoms with Crippen LogP contribution in [0.5, 0.6) is 0 Å². The summed E-state index contributed by atoms with van der Waals surface area (Å²) in [7, 11) is 0. The second-order valence-corrected chi connectivity index (χ2v) is 5.19. The van der Waals surface area contributed by atoms with E-state index in [2.05, 4.69) is 22.6 Å². The van der Waals surface area contributed by atoms with Crippen molar-refractivity contribution in [2.75, 3.05) is 18.5 Å². The molecule has 0 aromatic carbocycles. The molecule has 1 fully saturated rings. The molecule has 1 saturated heterocycles. The van der Waals surface area contributed by atoms with Gasteiger partial charge in [0.15, 0.2) is 10.9 Å². The monoisotopic (exact) mass is 242 g/mol. The van der Waals surface area contributed by atoms with Crippen LogP contribution < -0.4 is 5.32 Å². The third-order valence-electron chi connectivity index (χ3n) is 2.46. The van der Waals surface area contributed by atoms with E-state index in [1.807, 2.05) is 13.8 Å². The lowest BCUT2D eigenvalue weighted by Crippen LogP contribution is -2.25. The van der Waals surface area contributed by atoms with Gasteiger partial charge in [-0.1, -0.05) is 6.92 Å². The van der Waals surface area contributed by atoms with Crippen LogP contribution in [0.25, 0.3) is 0 Å². The highest BCUT2D eigenvalue weighted by atomic mass is 32.1. The molecule has 5 heteroatoms. The third kappa shape index (κ3) is 2.93. The zero-order chi connectivity index (χ0) is 11.6. The Kier molecular flexibility index (Phi) is 3.47. The van der Waals surface area contributed by atoms with Gasteiger partial charge in [0.1, 0.15) is 6.10 Å². The standard InChI is InChI=1S/C11H18N2O2S/c1-4-8-7-16-10(13-8)12-5-9-6-14-11(2,3)15-9/h7,9H,4-6H2,1-3H3,(H,12,13). The van der Waals surface area contributed by atoms with Crippen LogP contribution in [-0.2, 0) is 15.9 Å². The molecule has 90 valence electrons. The SMILES string of the molecule is CCc1csc(NCC2COC(C)(C)O2)n1. The maximum absolute atomic E-state index is 5.70. The van der Waals surface area contributed by atoms with Gasteiger partial charge in [0.2, 0.25) is 0 Å². The second-order valence-electron chi connectivity index (χ2n) is 4.33. The average Bonchev–Trinajstić information content (AvgIpc) is 2.81. The average molecular weight is 242 g/mol. The molecule has 0 spiro atoms. The molecular weight excluding hydrogens is 224 g/mol. The second kappa shape index (κ2) is 4.69. The molecule has 0 radical (unpaired) electrons. The van der Waals surface area contributed by atoms with Crippen LogP contribution >= 0.6 is 11.3 Å². The summed E-state index contributed by atoms with van der Waals surface area (Å²) in [5.74, 6) is -0.441. The predicted molar refractivity (Wildman–Crippen MR) is 64.9 cm³/mol. The molecule has 0 bridgehead atoms. The molecule has 0 amide bonds. The van der Waals surface area contributed by atoms with Crippen molar-refractivity contribution in [1.82, 2.24) is 4.98 Å². The van der Waals surface area contributed by atoms with Crippen LogP contribution in [0.3, 0.4) is 0 Å². The quantitative estimate of drug-likeness (QED) is 0.879. The number of anilines is 1. The van der Waals surface area contributed by atoms with Gasteiger partial charge in [-0.2, -0.15) is 0 Å². The number of aryl methyl sites for hydroxylation is 1. The first kappa shape index (κ1) is 11.8. The van der Waals surface area contributed by atoms with Gasteiger partial charge in [-0.15, -0.1) is 11.3 Å². The molecule has 4 nitrogen and oxygen atoms in total. The van der Waals surface area contributed by atoms with Crippen LogP contribution in [0.4, 0.5) is 5.13 Å². The Balaban J connectivity index is 1.80. The molecule has 16 heavy (non-hydrogen) atoms. The zero-order valence-electron chi connectivity index (χ0n) is 9.95. The molecule has 2 rings (SSSR count). The molecule has 1 aliphatic rings. The first-order chi connectivity index (χ1) is 7.59. The summed E-state index contributed by atoms with van der Waals surface area (Å²) in [4.78, 5) is 4.44. The van der Waals surface area contributed by atoms with Crippen molar-refractivity contribution in [3.8, 4) is 0 Å². The highest BCUT2D eigenvalue weighted by Gasteiger charge is 2.32. The maximum Gasteiger partial charge on any atom is 0.182 e. The molecule has 1 aliphatic heterocycles. The summed E-state index contributed by atoms with van der Waals surface area (Å²) in [5.41, 5.74) is 1.14. The van der Waals surface area contributed by atoms with E-state index in [9.17, 15) is 0 Å². The molecule has 1 aromatic rings. The molecule has 1 aromatic heterocycles. The van der Waals surface area contributed by atoms with Crippen LogP contribution in [0.1, 0.15) is 26.5 Å². The van der Waals surface area contributed by atoms with E-state index in [0.29, 0.717) is 6.61 Å². The van der Waals surface area contributed by atoms with Gasteiger partial charge in [0.25, 0.3) is 0 Å². The van der Waals surface area contributed by atoms with E-state index in [4.69, 9.17) is 9.47 Å². The molecule has 0 saturated carbocycles. The fourth-order valence-corrected chi connectivity index (χ4v) is 2.42. The van der Waals surface area contributed by atoms with Crippen molar-refractivity contribution >= 4 is 16.5 Å². The Morgan fingerprint density at radius 1 is 1.62 bits per heavy atom. The van der Waals surface area contributed by atoms with Gasteiger partial charge in [-0.25, -0.2) is 4.98 Å². The van der Waals surface area contributed by atoms with Gasteiger partial charge in [0.05, 0.1) is 12.3 Å². The van der Waals surface area contributed by atoms with Crippen molar-refractivity contribution in [3.63, 3.8) is 0 Å². The number of hydrogen-bond donors (Lipinski definition) is 1. The Hall–Kier alpha value is -0.650. The predicted octanol–water partition coefficient (Wildman–Crippen LogP) is 2.27. The summed E-state index contributed by atoms with van der Waals surface area (Å²) >= 11 is 1.64. The third-order valence-corrected chi connectivity index (χ3v) is 3.31. The van der Waals surface area contributed by atoms with Crippen molar-refractivity contribution in [1.29, 1.82) is 0 Å². The minimum absolute atomic E-state index is 0.115. The van der Waals surface area contributed by atoms with E-state index in [0.717, 1.165) is 23.8 Å². The summed E-state index contributed by atoms with van der Waals surface area (Å²) in [6, 6.07) is 0. The highest BCUT2D eigenvalue weighted by molar-refractivity contribution is 7.13. The van der Waals surface area contributed by atoms with Crippen LogP contribution in [-0.4, -0.2) is 30.0 Å². The Morgan fingerprint density at radius 3 is 3.00 bits per heavy atom. The van der Waals surface area contributed by atoms with E-state index in [1.54, 1.807) is 11.3 Å². The van der Waals surface area contributed by atoms with E-state index < -0.39 is 5.79 Å². The van der Waals surface area contributed by atoms with Crippen molar-refractivity contribution in [2.45, 2.75) is 39.1 Å². The van der Waals surface area contributed by atoms with Crippen LogP contribution in [0.15, 0.2) is 5.38 Å². The number of hydrogen-bond acceptors (Lipinski definition) is 5. The summed E-state index contributed by atoms with van der Waals surface area (Å²) < 4.78 is 11.2. The van der Waals surface area contributed by atoms with E-state index >= 15 is 0 Å². The number of thiazole rings is 1. The molecule has 2 heterocycles. The topological polar surface area (TPSA) is 43.4 Å². The molecule has 1 N–H and O–H groups in total. The first-order valence-electron chi connectivity index (χ1n) is 5.59. The Bertz CT molecular complexity index is 352. The minimum Gasteiger partial charge on any atom is -0.359 e. The van der Waals surface area contributed by atoms with Crippen molar-refractivity contribution < 1.29 is 9.47 Å².